The summed E-state index contributed by atoms with van der Waals surface area (Å²) in [4.78, 5) is 27.4. The quantitative estimate of drug-likeness (QED) is 0.617. The zero-order valence-corrected chi connectivity index (χ0v) is 15.4. The summed E-state index contributed by atoms with van der Waals surface area (Å²) < 4.78 is 27.7. The molecular formula is C15H28N2O5S. The van der Waals surface area contributed by atoms with Crippen molar-refractivity contribution in [2.45, 2.75) is 25.9 Å². The highest BCUT2D eigenvalue weighted by molar-refractivity contribution is 7.90. The average Bonchev–Trinajstić information content (AvgIpc) is 2.40. The number of methoxy groups -OCH3 is 1. The summed E-state index contributed by atoms with van der Waals surface area (Å²) in [5, 5.41) is 0. The van der Waals surface area contributed by atoms with Crippen molar-refractivity contribution in [2.75, 3.05) is 46.3 Å². The first-order chi connectivity index (χ1) is 10.5. The van der Waals surface area contributed by atoms with E-state index in [0.29, 0.717) is 13.1 Å². The van der Waals surface area contributed by atoms with Crippen molar-refractivity contribution in [1.29, 1.82) is 0 Å². The first kappa shape index (κ1) is 19.9. The Morgan fingerprint density at radius 2 is 1.70 bits per heavy atom. The van der Waals surface area contributed by atoms with Crippen LogP contribution in [0.5, 0.6) is 0 Å². The fraction of sp³-hybridized carbons (Fsp3) is 0.867. The second-order valence-electron chi connectivity index (χ2n) is 6.54. The van der Waals surface area contributed by atoms with Gasteiger partial charge in [0.25, 0.3) is 0 Å². The molecule has 1 fully saturated rings. The van der Waals surface area contributed by atoms with Crippen LogP contribution in [-0.2, 0) is 24.2 Å². The minimum absolute atomic E-state index is 0.00937. The predicted molar refractivity (Wildman–Crippen MR) is 87.7 cm³/mol. The van der Waals surface area contributed by atoms with Crippen molar-refractivity contribution in [3.8, 4) is 0 Å². The minimum atomic E-state index is -3.19. The normalized spacial score (nSPS) is 22.1. The molecule has 0 N–H and O–H groups in total. The van der Waals surface area contributed by atoms with E-state index in [-0.39, 0.29) is 29.6 Å². The number of carbonyl (C=O) groups excluding carboxylic acids is 2. The highest BCUT2D eigenvalue weighted by atomic mass is 32.2. The molecule has 1 atom stereocenters. The summed E-state index contributed by atoms with van der Waals surface area (Å²) in [6.45, 7) is 2.42. The molecule has 2 amide bonds. The molecule has 0 saturated heterocycles. The third-order valence-electron chi connectivity index (χ3n) is 4.27. The summed E-state index contributed by atoms with van der Waals surface area (Å²) in [5.74, 6) is -0.881. The van der Waals surface area contributed by atoms with Gasteiger partial charge >= 0.3 is 0 Å². The number of amides is 2. The Labute approximate surface area is 138 Å². The minimum Gasteiger partial charge on any atom is -0.381 e. The molecular weight excluding hydrogens is 320 g/mol. The number of nitrogens with zero attached hydrogens (tertiary/aromatic N) is 2. The lowest BCUT2D eigenvalue weighted by atomic mass is 9.81. The largest absolute Gasteiger partial charge is 0.381 e. The van der Waals surface area contributed by atoms with Gasteiger partial charge < -0.3 is 14.5 Å². The van der Waals surface area contributed by atoms with Gasteiger partial charge in [0, 0.05) is 52.4 Å². The van der Waals surface area contributed by atoms with Crippen LogP contribution in [-0.4, -0.2) is 82.4 Å². The second kappa shape index (κ2) is 8.10. The zero-order valence-electron chi connectivity index (χ0n) is 14.6. The summed E-state index contributed by atoms with van der Waals surface area (Å²) in [5.41, 5.74) is 0. The van der Waals surface area contributed by atoms with Gasteiger partial charge in [-0.2, -0.15) is 0 Å². The lowest BCUT2D eigenvalue weighted by Crippen LogP contribution is -2.45. The van der Waals surface area contributed by atoms with Crippen molar-refractivity contribution in [1.82, 2.24) is 9.80 Å². The van der Waals surface area contributed by atoms with Crippen LogP contribution in [0.4, 0.5) is 0 Å². The number of hydrogen-bond donors (Lipinski definition) is 0. The molecule has 134 valence electrons. The van der Waals surface area contributed by atoms with Crippen LogP contribution in [0.15, 0.2) is 0 Å². The standard InChI is InChI=1S/C15H28N2O5S/c1-11(10-23(5,20)21)14(18)16(2)6-7-17(3)15(19)12-8-13(9-12)22-4/h11-13H,6-10H2,1-5H3. The van der Waals surface area contributed by atoms with Crippen molar-refractivity contribution in [3.05, 3.63) is 0 Å². The number of hydrogen-bond acceptors (Lipinski definition) is 5. The number of ether oxygens (including phenoxy) is 1. The Morgan fingerprint density at radius 1 is 1.17 bits per heavy atom. The summed E-state index contributed by atoms with van der Waals surface area (Å²) in [6.07, 6.45) is 2.80. The maximum atomic E-state index is 12.2. The lowest BCUT2D eigenvalue weighted by Gasteiger charge is -2.36. The van der Waals surface area contributed by atoms with Gasteiger partial charge in [-0.05, 0) is 12.8 Å². The van der Waals surface area contributed by atoms with E-state index in [1.54, 1.807) is 33.0 Å². The smallest absolute Gasteiger partial charge is 0.226 e. The van der Waals surface area contributed by atoms with Gasteiger partial charge in [-0.25, -0.2) is 8.42 Å². The van der Waals surface area contributed by atoms with E-state index < -0.39 is 15.8 Å². The number of carbonyl (C=O) groups is 2. The molecule has 1 saturated carbocycles. The van der Waals surface area contributed by atoms with Crippen molar-refractivity contribution >= 4 is 21.7 Å². The topological polar surface area (TPSA) is 84.0 Å². The van der Waals surface area contributed by atoms with E-state index >= 15 is 0 Å². The molecule has 7 nitrogen and oxygen atoms in total. The SMILES string of the molecule is COC1CC(C(=O)N(C)CCN(C)C(=O)C(C)CS(C)(=O)=O)C1. The van der Waals surface area contributed by atoms with Gasteiger partial charge in [-0.3, -0.25) is 9.59 Å². The Balaban J connectivity index is 2.38. The molecule has 1 aliphatic carbocycles. The van der Waals surface area contributed by atoms with Crippen molar-refractivity contribution < 1.29 is 22.7 Å². The maximum absolute atomic E-state index is 12.2. The van der Waals surface area contributed by atoms with E-state index in [0.717, 1.165) is 19.1 Å². The van der Waals surface area contributed by atoms with Gasteiger partial charge in [-0.15, -0.1) is 0 Å². The molecule has 0 aromatic heterocycles. The Hall–Kier alpha value is -1.15. The van der Waals surface area contributed by atoms with Gasteiger partial charge in [0.05, 0.1) is 11.9 Å². The van der Waals surface area contributed by atoms with Crippen LogP contribution < -0.4 is 0 Å². The highest BCUT2D eigenvalue weighted by Gasteiger charge is 2.36. The Morgan fingerprint density at radius 3 is 2.17 bits per heavy atom. The van der Waals surface area contributed by atoms with Gasteiger partial charge in [0.1, 0.15) is 9.84 Å². The van der Waals surface area contributed by atoms with Crippen molar-refractivity contribution in [2.24, 2.45) is 11.8 Å². The Kier molecular flexibility index (Phi) is 7.01. The molecule has 0 aliphatic heterocycles. The first-order valence-electron chi connectivity index (χ1n) is 7.75. The number of sulfone groups is 1. The molecule has 0 bridgehead atoms. The van der Waals surface area contributed by atoms with E-state index in [1.807, 2.05) is 0 Å². The van der Waals surface area contributed by atoms with Crippen LogP contribution in [0.25, 0.3) is 0 Å². The third kappa shape index (κ3) is 6.10. The summed E-state index contributed by atoms with van der Waals surface area (Å²) in [6, 6.07) is 0. The molecule has 0 aromatic rings. The van der Waals surface area contributed by atoms with Gasteiger partial charge in [0.2, 0.25) is 11.8 Å². The predicted octanol–water partition coefficient (Wildman–Crippen LogP) is 0.00890. The Bertz CT molecular complexity index is 528. The van der Waals surface area contributed by atoms with E-state index in [2.05, 4.69) is 0 Å². The van der Waals surface area contributed by atoms with Crippen LogP contribution in [0.2, 0.25) is 0 Å². The fourth-order valence-corrected chi connectivity index (χ4v) is 3.74. The van der Waals surface area contributed by atoms with E-state index in [1.165, 1.54) is 4.90 Å². The third-order valence-corrected chi connectivity index (χ3v) is 5.38. The van der Waals surface area contributed by atoms with Gasteiger partial charge in [0.15, 0.2) is 0 Å². The molecule has 0 radical (unpaired) electrons. The molecule has 1 unspecified atom stereocenters. The molecule has 0 heterocycles. The highest BCUT2D eigenvalue weighted by Crippen LogP contribution is 2.30. The monoisotopic (exact) mass is 348 g/mol. The molecule has 23 heavy (non-hydrogen) atoms. The van der Waals surface area contributed by atoms with Crippen LogP contribution in [0.1, 0.15) is 19.8 Å². The number of likely N-dealkylation sites (N-methyl/N-ethyl adjacent to an activating group) is 2. The van der Waals surface area contributed by atoms with Crippen LogP contribution in [0, 0.1) is 11.8 Å². The maximum Gasteiger partial charge on any atom is 0.226 e. The zero-order chi connectivity index (χ0) is 17.8. The second-order valence-corrected chi connectivity index (χ2v) is 8.72. The first-order valence-corrected chi connectivity index (χ1v) is 9.81. The number of rotatable bonds is 8. The fourth-order valence-electron chi connectivity index (χ4n) is 2.69. The summed E-state index contributed by atoms with van der Waals surface area (Å²) >= 11 is 0. The van der Waals surface area contributed by atoms with Crippen molar-refractivity contribution in [3.63, 3.8) is 0 Å². The molecule has 8 heteroatoms. The van der Waals surface area contributed by atoms with E-state index in [4.69, 9.17) is 4.74 Å². The average molecular weight is 348 g/mol. The van der Waals surface area contributed by atoms with Gasteiger partial charge in [-0.1, -0.05) is 6.92 Å². The summed E-state index contributed by atoms with van der Waals surface area (Å²) in [7, 11) is 1.81. The molecule has 0 spiro atoms. The molecule has 0 aromatic carbocycles. The molecule has 1 rings (SSSR count). The van der Waals surface area contributed by atoms with Crippen LogP contribution >= 0.6 is 0 Å². The lowest BCUT2D eigenvalue weighted by molar-refractivity contribution is -0.143. The van der Waals surface area contributed by atoms with E-state index in [9.17, 15) is 18.0 Å². The molecule has 1 aliphatic rings. The van der Waals surface area contributed by atoms with Crippen LogP contribution in [0.3, 0.4) is 0 Å².